The summed E-state index contributed by atoms with van der Waals surface area (Å²) in [5, 5.41) is 45.2. The third kappa shape index (κ3) is 8.07. The average molecular weight is 660 g/mol. The molecule has 2 bridgehead atoms. The first-order valence-electron chi connectivity index (χ1n) is 18.1. The second kappa shape index (κ2) is 15.7. The Labute approximate surface area is 285 Å². The van der Waals surface area contributed by atoms with Crippen molar-refractivity contribution in [1.82, 2.24) is 5.32 Å². The lowest BCUT2D eigenvalue weighted by molar-refractivity contribution is -0.946. The van der Waals surface area contributed by atoms with E-state index in [4.69, 9.17) is 9.47 Å². The molecule has 3 aromatic rings. The third-order valence-electron chi connectivity index (χ3n) is 11.6. The van der Waals surface area contributed by atoms with Crippen molar-refractivity contribution < 1.29 is 34.4 Å². The topological polar surface area (TPSA) is 111 Å². The van der Waals surface area contributed by atoms with Crippen molar-refractivity contribution in [3.05, 3.63) is 95.1 Å². The van der Waals surface area contributed by atoms with Gasteiger partial charge in [-0.25, -0.2) is 0 Å². The van der Waals surface area contributed by atoms with E-state index < -0.39 is 11.7 Å². The lowest BCUT2D eigenvalue weighted by atomic mass is 9.80. The minimum Gasteiger partial charge on any atom is -0.508 e. The molecule has 4 fully saturated rings. The highest BCUT2D eigenvalue weighted by Crippen LogP contribution is 2.42. The number of benzene rings is 3. The number of hydrogen-bond donors (Lipinski definition) is 5. The fourth-order valence-corrected chi connectivity index (χ4v) is 8.43. The van der Waals surface area contributed by atoms with E-state index in [1.165, 1.54) is 44.8 Å². The molecule has 4 atom stereocenters. The monoisotopic (exact) mass is 659 g/mol. The van der Waals surface area contributed by atoms with Crippen LogP contribution in [-0.2, 0) is 16.9 Å². The fraction of sp³-hybridized carbons (Fsp3) is 0.550. The van der Waals surface area contributed by atoms with Gasteiger partial charge in [-0.1, -0.05) is 61.4 Å². The van der Waals surface area contributed by atoms with Crippen LogP contribution >= 0.6 is 0 Å². The predicted molar refractivity (Wildman–Crippen MR) is 186 cm³/mol. The van der Waals surface area contributed by atoms with Gasteiger partial charge in [0.05, 0.1) is 45.6 Å². The van der Waals surface area contributed by atoms with Gasteiger partial charge < -0.3 is 39.7 Å². The molecule has 0 spiro atoms. The van der Waals surface area contributed by atoms with Gasteiger partial charge in [0.15, 0.2) is 0 Å². The zero-order chi connectivity index (χ0) is 33.6. The van der Waals surface area contributed by atoms with E-state index in [0.29, 0.717) is 36.8 Å². The number of rotatable bonds is 16. The van der Waals surface area contributed by atoms with Crippen molar-refractivity contribution in [1.29, 1.82) is 0 Å². The quantitative estimate of drug-likeness (QED) is 0.0986. The van der Waals surface area contributed by atoms with Crippen LogP contribution in [0.15, 0.2) is 72.8 Å². The molecule has 3 aromatic carbocycles. The Kier molecular flexibility index (Phi) is 11.4. The molecule has 8 nitrogen and oxygen atoms in total. The van der Waals surface area contributed by atoms with Crippen LogP contribution in [0.4, 0.5) is 0 Å². The first-order valence-corrected chi connectivity index (χ1v) is 18.1. The van der Waals surface area contributed by atoms with E-state index in [0.717, 1.165) is 53.7 Å². The number of aliphatic hydroxyl groups is 3. The van der Waals surface area contributed by atoms with E-state index >= 15 is 0 Å². The number of aromatic hydroxyl groups is 1. The predicted octanol–water partition coefficient (Wildman–Crippen LogP) is 5.74. The number of nitrogens with one attached hydrogen (secondary N) is 1. The molecule has 4 aliphatic rings. The van der Waals surface area contributed by atoms with Crippen LogP contribution in [-0.4, -0.2) is 77.0 Å². The Hall–Kier alpha value is -2.98. The Morgan fingerprint density at radius 2 is 1.65 bits per heavy atom. The van der Waals surface area contributed by atoms with Gasteiger partial charge in [0.1, 0.15) is 29.7 Å². The molecule has 8 heteroatoms. The van der Waals surface area contributed by atoms with Gasteiger partial charge in [0.2, 0.25) is 0 Å². The molecule has 0 radical (unpaired) electrons. The van der Waals surface area contributed by atoms with E-state index in [1.54, 1.807) is 12.1 Å². The van der Waals surface area contributed by atoms with Crippen LogP contribution in [0.1, 0.15) is 86.3 Å². The van der Waals surface area contributed by atoms with Crippen molar-refractivity contribution >= 4 is 0 Å². The van der Waals surface area contributed by atoms with Crippen LogP contribution in [0.25, 0.3) is 0 Å². The minimum atomic E-state index is -0.911. The normalized spacial score (nSPS) is 25.1. The van der Waals surface area contributed by atoms with Crippen molar-refractivity contribution in [2.75, 3.05) is 45.9 Å². The Morgan fingerprint density at radius 3 is 2.35 bits per heavy atom. The van der Waals surface area contributed by atoms with E-state index in [2.05, 4.69) is 36.5 Å². The Balaban J connectivity index is 0.951. The standard InChI is InChI=1S/C40H54N2O6/c1-29(41-25-38(45)32-14-17-37(44)33(24-32)27-43)30-12-15-36(16-13-30)47-23-7-20-42-21-18-31(19-22-42)39(26-42)48-28-40(46,35-10-5-6-11-35)34-8-3-2-4-9-34/h2-4,8-9,12-17,24,29,31,35,38-39,41,43,45-46H,5-7,10-11,18-23,25-28H2,1H3/p+1/t29?,31?,38-,39-,40+,42?/m0/s1. The molecule has 1 saturated carbocycles. The summed E-state index contributed by atoms with van der Waals surface area (Å²) >= 11 is 0. The molecule has 1 aliphatic carbocycles. The van der Waals surface area contributed by atoms with Gasteiger partial charge in [-0.05, 0) is 66.6 Å². The number of fused-ring (bicyclic) bond motifs is 3. The largest absolute Gasteiger partial charge is 0.508 e. The molecule has 0 aromatic heterocycles. The summed E-state index contributed by atoms with van der Waals surface area (Å²) in [4.78, 5) is 0. The van der Waals surface area contributed by atoms with Gasteiger partial charge in [-0.2, -0.15) is 0 Å². The average Bonchev–Trinajstić information content (AvgIpc) is 3.69. The van der Waals surface area contributed by atoms with Crippen LogP contribution < -0.4 is 10.1 Å². The number of phenols is 1. The molecule has 1 unspecified atom stereocenters. The van der Waals surface area contributed by atoms with Gasteiger partial charge in [0, 0.05) is 43.3 Å². The van der Waals surface area contributed by atoms with Crippen LogP contribution in [0, 0.1) is 11.8 Å². The van der Waals surface area contributed by atoms with E-state index in [9.17, 15) is 20.4 Å². The SMILES string of the molecule is CC(NC[C@H](O)c1ccc(O)c(CO)c1)c1ccc(OCCC[N+]23CCC(CC2)[C@@H](OC[C@@](O)(c2ccccc2)C2CCCC2)C3)cc1. The van der Waals surface area contributed by atoms with Crippen molar-refractivity contribution in [3.63, 3.8) is 0 Å². The molecular formula is C40H55N2O6+. The van der Waals surface area contributed by atoms with Crippen molar-refractivity contribution in [2.24, 2.45) is 11.8 Å². The van der Waals surface area contributed by atoms with E-state index in [-0.39, 0.29) is 30.4 Å². The Morgan fingerprint density at radius 1 is 0.938 bits per heavy atom. The molecule has 7 rings (SSSR count). The van der Waals surface area contributed by atoms with Crippen molar-refractivity contribution in [3.8, 4) is 11.5 Å². The van der Waals surface area contributed by atoms with Gasteiger partial charge in [0.25, 0.3) is 0 Å². The summed E-state index contributed by atoms with van der Waals surface area (Å²) in [7, 11) is 0. The summed E-state index contributed by atoms with van der Waals surface area (Å²) in [5.74, 6) is 1.74. The number of hydrogen-bond acceptors (Lipinski definition) is 7. The summed E-state index contributed by atoms with van der Waals surface area (Å²) in [6, 6.07) is 23.2. The van der Waals surface area contributed by atoms with Gasteiger partial charge >= 0.3 is 0 Å². The second-order valence-corrected chi connectivity index (χ2v) is 14.6. The molecule has 48 heavy (non-hydrogen) atoms. The van der Waals surface area contributed by atoms with Crippen LogP contribution in [0.5, 0.6) is 11.5 Å². The molecule has 3 aliphatic heterocycles. The van der Waals surface area contributed by atoms with Crippen LogP contribution in [0.2, 0.25) is 0 Å². The molecule has 0 amide bonds. The first-order chi connectivity index (χ1) is 23.3. The van der Waals surface area contributed by atoms with Crippen LogP contribution in [0.3, 0.4) is 0 Å². The molecular weight excluding hydrogens is 604 g/mol. The molecule has 5 N–H and O–H groups in total. The maximum absolute atomic E-state index is 12.0. The zero-order valence-corrected chi connectivity index (χ0v) is 28.5. The second-order valence-electron chi connectivity index (χ2n) is 14.6. The highest BCUT2D eigenvalue weighted by atomic mass is 16.5. The lowest BCUT2D eigenvalue weighted by Crippen LogP contribution is -2.65. The number of ether oxygens (including phenoxy) is 2. The van der Waals surface area contributed by atoms with Crippen molar-refractivity contribution in [2.45, 2.75) is 82.3 Å². The number of aliphatic hydroxyl groups excluding tert-OH is 2. The first kappa shape index (κ1) is 34.9. The fourth-order valence-electron chi connectivity index (χ4n) is 8.43. The van der Waals surface area contributed by atoms with E-state index in [1.807, 2.05) is 30.3 Å². The molecule has 260 valence electrons. The smallest absolute Gasteiger partial charge is 0.121 e. The van der Waals surface area contributed by atoms with Gasteiger partial charge in [-0.3, -0.25) is 0 Å². The molecule has 3 saturated heterocycles. The highest BCUT2D eigenvalue weighted by Gasteiger charge is 2.48. The third-order valence-corrected chi connectivity index (χ3v) is 11.6. The van der Waals surface area contributed by atoms with Gasteiger partial charge in [-0.15, -0.1) is 0 Å². The summed E-state index contributed by atoms with van der Waals surface area (Å²) in [6.07, 6.45) is 7.35. The number of quaternary nitrogens is 1. The number of nitrogens with zero attached hydrogens (tertiary/aromatic N) is 1. The summed E-state index contributed by atoms with van der Waals surface area (Å²) < 4.78 is 14.0. The summed E-state index contributed by atoms with van der Waals surface area (Å²) in [6.45, 7) is 7.72. The summed E-state index contributed by atoms with van der Waals surface area (Å²) in [5.41, 5.74) is 2.24. The highest BCUT2D eigenvalue weighted by molar-refractivity contribution is 5.36. The Bertz CT molecular complexity index is 1440. The minimum absolute atomic E-state index is 0.0259. The zero-order valence-electron chi connectivity index (χ0n) is 28.5. The maximum Gasteiger partial charge on any atom is 0.121 e. The lowest BCUT2D eigenvalue weighted by Gasteiger charge is -2.53. The number of piperidine rings is 3. The molecule has 3 heterocycles. The maximum atomic E-state index is 12.0.